The summed E-state index contributed by atoms with van der Waals surface area (Å²) in [5.74, 6) is 2.73. The lowest BCUT2D eigenvalue weighted by Crippen LogP contribution is -3.18. The molecule has 5 nitrogen and oxygen atoms in total. The van der Waals surface area contributed by atoms with E-state index in [0.717, 1.165) is 30.3 Å². The number of nitrogens with zero attached hydrogens (tertiary/aromatic N) is 1. The highest BCUT2D eigenvalue weighted by Gasteiger charge is 2.45. The van der Waals surface area contributed by atoms with E-state index in [1.807, 2.05) is 18.7 Å². The molecule has 3 rings (SSSR count). The van der Waals surface area contributed by atoms with Crippen LogP contribution in [0.5, 0.6) is 5.75 Å². The quantitative estimate of drug-likeness (QED) is 0.813. The first kappa shape index (κ1) is 15.4. The van der Waals surface area contributed by atoms with E-state index in [4.69, 9.17) is 4.74 Å². The van der Waals surface area contributed by atoms with E-state index >= 15 is 0 Å². The number of thioether (sulfide) groups is 1. The van der Waals surface area contributed by atoms with Crippen LogP contribution >= 0.6 is 11.8 Å². The molecule has 0 bridgehead atoms. The second kappa shape index (κ2) is 6.71. The second-order valence-corrected chi connectivity index (χ2v) is 6.75. The molecule has 2 aliphatic rings. The largest absolute Gasteiger partial charge is 0.494 e. The van der Waals surface area contributed by atoms with Gasteiger partial charge in [-0.25, -0.2) is 4.90 Å². The number of hydrogen-bond donors (Lipinski definition) is 1. The third-order valence-electron chi connectivity index (χ3n) is 4.18. The zero-order valence-corrected chi connectivity index (χ0v) is 13.5. The summed E-state index contributed by atoms with van der Waals surface area (Å²) in [5, 5.41) is 0. The minimum absolute atomic E-state index is 0.0592. The minimum Gasteiger partial charge on any atom is -0.494 e. The van der Waals surface area contributed by atoms with Gasteiger partial charge in [-0.15, -0.1) is 0 Å². The van der Waals surface area contributed by atoms with E-state index in [0.29, 0.717) is 18.7 Å². The molecule has 6 heteroatoms. The van der Waals surface area contributed by atoms with Crippen molar-refractivity contribution in [3.05, 3.63) is 24.3 Å². The average molecular weight is 321 g/mol. The number of amides is 2. The fraction of sp³-hybridized carbons (Fsp3) is 0.500. The van der Waals surface area contributed by atoms with Crippen molar-refractivity contribution in [2.24, 2.45) is 0 Å². The smallest absolute Gasteiger partial charge is 0.292 e. The van der Waals surface area contributed by atoms with Crippen LogP contribution in [-0.4, -0.2) is 49.1 Å². The van der Waals surface area contributed by atoms with Crippen molar-refractivity contribution >= 4 is 29.3 Å². The van der Waals surface area contributed by atoms with Gasteiger partial charge in [0.15, 0.2) is 6.04 Å². The number of carbonyl (C=O) groups excluding carboxylic acids is 2. The Bertz CT molecular complexity index is 555. The molecule has 2 heterocycles. The van der Waals surface area contributed by atoms with Gasteiger partial charge < -0.3 is 9.64 Å². The fourth-order valence-corrected chi connectivity index (χ4v) is 4.08. The molecule has 0 aliphatic carbocycles. The SMILES string of the molecule is CCOc1ccc(N2C(=O)C[C@@H]([NH+]3CCSCC3)C2=O)cc1. The number of anilines is 1. The molecular formula is C16H21N2O3S+. The molecule has 2 saturated heterocycles. The molecule has 0 unspecified atom stereocenters. The Morgan fingerprint density at radius 1 is 1.23 bits per heavy atom. The fourth-order valence-electron chi connectivity index (χ4n) is 3.06. The van der Waals surface area contributed by atoms with Gasteiger partial charge in [0.2, 0.25) is 5.91 Å². The molecular weight excluding hydrogens is 300 g/mol. The Hall–Kier alpha value is -1.53. The van der Waals surface area contributed by atoms with Crippen molar-refractivity contribution in [2.75, 3.05) is 36.1 Å². The van der Waals surface area contributed by atoms with Gasteiger partial charge >= 0.3 is 0 Å². The van der Waals surface area contributed by atoms with Crippen LogP contribution in [0.3, 0.4) is 0 Å². The Balaban J connectivity index is 1.76. The maximum Gasteiger partial charge on any atom is 0.292 e. The lowest BCUT2D eigenvalue weighted by atomic mass is 10.2. The molecule has 1 atom stereocenters. The Morgan fingerprint density at radius 2 is 1.91 bits per heavy atom. The summed E-state index contributed by atoms with van der Waals surface area (Å²) in [6, 6.07) is 6.96. The zero-order valence-electron chi connectivity index (χ0n) is 12.7. The van der Waals surface area contributed by atoms with Gasteiger partial charge in [0.1, 0.15) is 5.75 Å². The van der Waals surface area contributed by atoms with Crippen LogP contribution < -0.4 is 14.5 Å². The Morgan fingerprint density at radius 3 is 2.55 bits per heavy atom. The van der Waals surface area contributed by atoms with Gasteiger partial charge in [0.25, 0.3) is 5.91 Å². The summed E-state index contributed by atoms with van der Waals surface area (Å²) >= 11 is 1.92. The van der Waals surface area contributed by atoms with Crippen molar-refractivity contribution < 1.29 is 19.2 Å². The molecule has 118 valence electrons. The molecule has 2 fully saturated rings. The number of benzene rings is 1. The molecule has 1 aromatic rings. The van der Waals surface area contributed by atoms with Crippen LogP contribution in [0.4, 0.5) is 5.69 Å². The maximum atomic E-state index is 12.7. The molecule has 2 amide bonds. The molecule has 1 N–H and O–H groups in total. The van der Waals surface area contributed by atoms with E-state index < -0.39 is 0 Å². The van der Waals surface area contributed by atoms with Crippen molar-refractivity contribution in [3.8, 4) is 5.75 Å². The van der Waals surface area contributed by atoms with Crippen LogP contribution in [0, 0.1) is 0 Å². The van der Waals surface area contributed by atoms with Gasteiger partial charge in [-0.05, 0) is 31.2 Å². The Kier molecular flexibility index (Phi) is 4.69. The number of quaternary nitrogens is 1. The number of nitrogens with one attached hydrogen (secondary N) is 1. The third kappa shape index (κ3) is 2.98. The van der Waals surface area contributed by atoms with Gasteiger partial charge in [0, 0.05) is 11.5 Å². The highest BCUT2D eigenvalue weighted by Crippen LogP contribution is 2.24. The van der Waals surface area contributed by atoms with Crippen LogP contribution in [0.1, 0.15) is 13.3 Å². The summed E-state index contributed by atoms with van der Waals surface area (Å²) < 4.78 is 5.40. The summed E-state index contributed by atoms with van der Waals surface area (Å²) in [7, 11) is 0. The van der Waals surface area contributed by atoms with Gasteiger partial charge in [-0.1, -0.05) is 0 Å². The molecule has 0 saturated carbocycles. The van der Waals surface area contributed by atoms with Crippen molar-refractivity contribution in [2.45, 2.75) is 19.4 Å². The van der Waals surface area contributed by atoms with E-state index in [1.165, 1.54) is 9.80 Å². The molecule has 1 aromatic carbocycles. The second-order valence-electron chi connectivity index (χ2n) is 5.52. The van der Waals surface area contributed by atoms with E-state index in [9.17, 15) is 9.59 Å². The summed E-state index contributed by atoms with van der Waals surface area (Å²) in [6.07, 6.45) is 0.325. The van der Waals surface area contributed by atoms with Crippen molar-refractivity contribution in [3.63, 3.8) is 0 Å². The van der Waals surface area contributed by atoms with Gasteiger partial charge in [0.05, 0.1) is 31.8 Å². The third-order valence-corrected chi connectivity index (χ3v) is 5.17. The van der Waals surface area contributed by atoms with Gasteiger partial charge in [-0.2, -0.15) is 11.8 Å². The molecule has 22 heavy (non-hydrogen) atoms. The monoisotopic (exact) mass is 321 g/mol. The molecule has 0 spiro atoms. The highest BCUT2D eigenvalue weighted by molar-refractivity contribution is 7.99. The van der Waals surface area contributed by atoms with Gasteiger partial charge in [-0.3, -0.25) is 9.59 Å². The van der Waals surface area contributed by atoms with E-state index in [1.54, 1.807) is 24.3 Å². The predicted molar refractivity (Wildman–Crippen MR) is 86.5 cm³/mol. The standard InChI is InChI=1S/C16H20N2O3S/c1-2-21-13-5-3-12(4-6-13)18-15(19)11-14(16(18)20)17-7-9-22-10-8-17/h3-6,14H,2,7-11H2,1H3/p+1/t14-/m1/s1. The van der Waals surface area contributed by atoms with Crippen molar-refractivity contribution in [1.82, 2.24) is 0 Å². The van der Waals surface area contributed by atoms with Crippen LogP contribution in [0.25, 0.3) is 0 Å². The normalized spacial score (nSPS) is 23.1. The van der Waals surface area contributed by atoms with Crippen molar-refractivity contribution in [1.29, 1.82) is 0 Å². The number of ether oxygens (including phenoxy) is 1. The first-order valence-electron chi connectivity index (χ1n) is 7.72. The first-order valence-corrected chi connectivity index (χ1v) is 8.88. The Labute approximate surface area is 134 Å². The number of hydrogen-bond acceptors (Lipinski definition) is 4. The molecule has 0 aromatic heterocycles. The predicted octanol–water partition coefficient (Wildman–Crippen LogP) is 0.349. The maximum absolute atomic E-state index is 12.7. The molecule has 0 radical (unpaired) electrons. The van der Waals surface area contributed by atoms with Crippen LogP contribution in [-0.2, 0) is 9.59 Å². The average Bonchev–Trinajstić information content (AvgIpc) is 2.84. The number of imide groups is 1. The number of carbonyl (C=O) groups is 2. The summed E-state index contributed by atoms with van der Waals surface area (Å²) in [6.45, 7) is 4.45. The van der Waals surface area contributed by atoms with E-state index in [-0.39, 0.29) is 17.9 Å². The van der Waals surface area contributed by atoms with Crippen LogP contribution in [0.15, 0.2) is 24.3 Å². The highest BCUT2D eigenvalue weighted by atomic mass is 32.2. The first-order chi connectivity index (χ1) is 10.7. The van der Waals surface area contributed by atoms with Crippen LogP contribution in [0.2, 0.25) is 0 Å². The lowest BCUT2D eigenvalue weighted by Gasteiger charge is -2.27. The zero-order chi connectivity index (χ0) is 15.5. The minimum atomic E-state index is -0.208. The summed E-state index contributed by atoms with van der Waals surface area (Å²) in [5.41, 5.74) is 0.645. The topological polar surface area (TPSA) is 51.0 Å². The molecule has 2 aliphatic heterocycles. The summed E-state index contributed by atoms with van der Waals surface area (Å²) in [4.78, 5) is 27.6. The van der Waals surface area contributed by atoms with E-state index in [2.05, 4.69) is 0 Å². The lowest BCUT2D eigenvalue weighted by molar-refractivity contribution is -0.911. The number of rotatable bonds is 4.